The fourth-order valence-corrected chi connectivity index (χ4v) is 3.30. The molecule has 104 valence electrons. The van der Waals surface area contributed by atoms with Crippen molar-refractivity contribution in [2.45, 2.75) is 38.5 Å². The smallest absolute Gasteiger partial charge is 0.0595 e. The molecule has 0 bridgehead atoms. The molecule has 0 atom stereocenters. The minimum atomic E-state index is 0.477. The normalized spacial score (nSPS) is 21.3. The van der Waals surface area contributed by atoms with Crippen molar-refractivity contribution in [3.8, 4) is 0 Å². The van der Waals surface area contributed by atoms with Crippen LogP contribution in [-0.2, 0) is 24.2 Å². The molecule has 0 aromatic heterocycles. The second kappa shape index (κ2) is 6.04. The molecule has 0 spiro atoms. The third-order valence-electron chi connectivity index (χ3n) is 4.50. The van der Waals surface area contributed by atoms with E-state index >= 15 is 0 Å². The molecule has 0 aliphatic carbocycles. The molecule has 2 aliphatic rings. The molecule has 3 nitrogen and oxygen atoms in total. The molecular formula is C16H24N2O. The number of nitrogens with one attached hydrogen (secondary N) is 1. The largest absolute Gasteiger partial charge is 0.381 e. The molecule has 2 aliphatic heterocycles. The number of methoxy groups -OCH3 is 1. The summed E-state index contributed by atoms with van der Waals surface area (Å²) in [7, 11) is 1.83. The quantitative estimate of drug-likeness (QED) is 0.899. The molecule has 0 amide bonds. The first-order valence-corrected chi connectivity index (χ1v) is 7.42. The molecule has 1 fully saturated rings. The van der Waals surface area contributed by atoms with Crippen molar-refractivity contribution in [2.75, 3.05) is 26.7 Å². The topological polar surface area (TPSA) is 24.5 Å². The van der Waals surface area contributed by atoms with E-state index in [1.165, 1.54) is 43.5 Å². The van der Waals surface area contributed by atoms with Gasteiger partial charge in [-0.1, -0.05) is 18.2 Å². The summed E-state index contributed by atoms with van der Waals surface area (Å²) in [5.41, 5.74) is 4.63. The Morgan fingerprint density at radius 2 is 2.16 bits per heavy atom. The highest BCUT2D eigenvalue weighted by Gasteiger charge is 2.20. The van der Waals surface area contributed by atoms with Gasteiger partial charge in [-0.05, 0) is 42.5 Å². The first-order valence-electron chi connectivity index (χ1n) is 7.42. The van der Waals surface area contributed by atoms with E-state index in [1.54, 1.807) is 5.56 Å². The zero-order valence-corrected chi connectivity index (χ0v) is 11.8. The lowest BCUT2D eigenvalue weighted by atomic mass is 9.94. The number of fused-ring (bicyclic) bond motifs is 1. The van der Waals surface area contributed by atoms with Gasteiger partial charge in [-0.25, -0.2) is 0 Å². The lowest BCUT2D eigenvalue weighted by Crippen LogP contribution is -2.36. The van der Waals surface area contributed by atoms with Crippen molar-refractivity contribution in [1.82, 2.24) is 10.2 Å². The van der Waals surface area contributed by atoms with Crippen molar-refractivity contribution in [3.63, 3.8) is 0 Å². The van der Waals surface area contributed by atoms with Crippen LogP contribution in [0.15, 0.2) is 18.2 Å². The van der Waals surface area contributed by atoms with Gasteiger partial charge in [0.15, 0.2) is 0 Å². The summed E-state index contributed by atoms with van der Waals surface area (Å²) in [6.45, 7) is 5.60. The highest BCUT2D eigenvalue weighted by molar-refractivity contribution is 5.37. The predicted molar refractivity (Wildman–Crippen MR) is 77.2 cm³/mol. The third-order valence-corrected chi connectivity index (χ3v) is 4.50. The molecule has 1 saturated heterocycles. The average Bonchev–Trinajstić information content (AvgIpc) is 2.48. The Morgan fingerprint density at radius 1 is 1.32 bits per heavy atom. The number of rotatable bonds is 3. The number of nitrogens with zero attached hydrogens (tertiary/aromatic N) is 1. The molecule has 1 aromatic rings. The molecule has 0 radical (unpaired) electrons. The maximum absolute atomic E-state index is 5.45. The van der Waals surface area contributed by atoms with Gasteiger partial charge in [0, 0.05) is 33.3 Å². The lowest BCUT2D eigenvalue weighted by molar-refractivity contribution is 0.0388. The van der Waals surface area contributed by atoms with Gasteiger partial charge in [-0.3, -0.25) is 4.90 Å². The van der Waals surface area contributed by atoms with Crippen LogP contribution in [-0.4, -0.2) is 37.7 Å². The van der Waals surface area contributed by atoms with Crippen molar-refractivity contribution < 1.29 is 4.74 Å². The van der Waals surface area contributed by atoms with E-state index in [4.69, 9.17) is 4.74 Å². The lowest BCUT2D eigenvalue weighted by Gasteiger charge is -2.32. The molecule has 3 heteroatoms. The summed E-state index contributed by atoms with van der Waals surface area (Å²) in [6, 6.07) is 6.79. The summed E-state index contributed by atoms with van der Waals surface area (Å²) in [6.07, 6.45) is 4.00. The van der Waals surface area contributed by atoms with E-state index in [0.29, 0.717) is 6.10 Å². The summed E-state index contributed by atoms with van der Waals surface area (Å²) >= 11 is 0. The summed E-state index contributed by atoms with van der Waals surface area (Å²) < 4.78 is 5.45. The standard InChI is InChI=1S/C16H24N2O/c1-19-15-6-9-18(10-7-15)12-14-4-2-3-13-11-17-8-5-16(13)14/h2-4,15,17H,5-12H2,1H3. The molecule has 0 saturated carbocycles. The molecule has 0 unspecified atom stereocenters. The first-order chi connectivity index (χ1) is 9.36. The van der Waals surface area contributed by atoms with Gasteiger partial charge in [0.2, 0.25) is 0 Å². The van der Waals surface area contributed by atoms with Gasteiger partial charge in [0.05, 0.1) is 6.10 Å². The van der Waals surface area contributed by atoms with Crippen LogP contribution in [0.3, 0.4) is 0 Å². The van der Waals surface area contributed by atoms with Crippen molar-refractivity contribution >= 4 is 0 Å². The van der Waals surface area contributed by atoms with Crippen molar-refractivity contribution in [1.29, 1.82) is 0 Å². The van der Waals surface area contributed by atoms with Crippen LogP contribution in [0.5, 0.6) is 0 Å². The monoisotopic (exact) mass is 260 g/mol. The van der Waals surface area contributed by atoms with E-state index in [0.717, 1.165) is 19.6 Å². The summed E-state index contributed by atoms with van der Waals surface area (Å²) in [5, 5.41) is 3.46. The maximum Gasteiger partial charge on any atom is 0.0595 e. The van der Waals surface area contributed by atoms with Crippen molar-refractivity contribution in [2.24, 2.45) is 0 Å². The van der Waals surface area contributed by atoms with Gasteiger partial charge in [-0.2, -0.15) is 0 Å². The number of piperidine rings is 1. The second-order valence-electron chi connectivity index (χ2n) is 5.69. The van der Waals surface area contributed by atoms with Crippen LogP contribution >= 0.6 is 0 Å². The Hall–Kier alpha value is -0.900. The van der Waals surface area contributed by atoms with E-state index in [2.05, 4.69) is 28.4 Å². The second-order valence-corrected chi connectivity index (χ2v) is 5.69. The molecule has 2 heterocycles. The fourth-order valence-electron chi connectivity index (χ4n) is 3.30. The Bertz CT molecular complexity index is 425. The number of hydrogen-bond donors (Lipinski definition) is 1. The van der Waals surface area contributed by atoms with E-state index in [-0.39, 0.29) is 0 Å². The Morgan fingerprint density at radius 3 is 2.95 bits per heavy atom. The van der Waals surface area contributed by atoms with E-state index in [1.807, 2.05) is 7.11 Å². The van der Waals surface area contributed by atoms with Crippen molar-refractivity contribution in [3.05, 3.63) is 34.9 Å². The highest BCUT2D eigenvalue weighted by Crippen LogP contribution is 2.22. The number of benzene rings is 1. The molecule has 19 heavy (non-hydrogen) atoms. The maximum atomic E-state index is 5.45. The third kappa shape index (κ3) is 2.99. The zero-order chi connectivity index (χ0) is 13.1. The van der Waals surface area contributed by atoms with Gasteiger partial charge < -0.3 is 10.1 Å². The number of ether oxygens (including phenoxy) is 1. The molecule has 1 aromatic carbocycles. The summed E-state index contributed by atoms with van der Waals surface area (Å²) in [4.78, 5) is 2.58. The molecule has 3 rings (SSSR count). The van der Waals surface area contributed by atoms with E-state index < -0.39 is 0 Å². The highest BCUT2D eigenvalue weighted by atomic mass is 16.5. The Balaban J connectivity index is 1.67. The van der Waals surface area contributed by atoms with Crippen LogP contribution in [0.4, 0.5) is 0 Å². The minimum absolute atomic E-state index is 0.477. The van der Waals surface area contributed by atoms with Crippen LogP contribution in [0.1, 0.15) is 29.5 Å². The van der Waals surface area contributed by atoms with Gasteiger partial charge in [-0.15, -0.1) is 0 Å². The minimum Gasteiger partial charge on any atom is -0.381 e. The predicted octanol–water partition coefficient (Wildman–Crippen LogP) is 1.94. The Kier molecular flexibility index (Phi) is 4.16. The van der Waals surface area contributed by atoms with Gasteiger partial charge >= 0.3 is 0 Å². The number of likely N-dealkylation sites (tertiary alicyclic amines) is 1. The van der Waals surface area contributed by atoms with Crippen LogP contribution in [0, 0.1) is 0 Å². The van der Waals surface area contributed by atoms with Crippen LogP contribution in [0.25, 0.3) is 0 Å². The SMILES string of the molecule is COC1CCN(Cc2cccc3c2CCNC3)CC1. The average molecular weight is 260 g/mol. The first kappa shape index (κ1) is 13.1. The van der Waals surface area contributed by atoms with Gasteiger partial charge in [0.1, 0.15) is 0 Å². The molecular weight excluding hydrogens is 236 g/mol. The van der Waals surface area contributed by atoms with E-state index in [9.17, 15) is 0 Å². The number of hydrogen-bond acceptors (Lipinski definition) is 3. The fraction of sp³-hybridized carbons (Fsp3) is 0.625. The summed E-state index contributed by atoms with van der Waals surface area (Å²) in [5.74, 6) is 0. The van der Waals surface area contributed by atoms with Gasteiger partial charge in [0.25, 0.3) is 0 Å². The van der Waals surface area contributed by atoms with Crippen LogP contribution in [0.2, 0.25) is 0 Å². The Labute approximate surface area is 115 Å². The molecule has 1 N–H and O–H groups in total. The zero-order valence-electron chi connectivity index (χ0n) is 11.8. The van der Waals surface area contributed by atoms with Crippen LogP contribution < -0.4 is 5.32 Å².